The number of nitrogens with zero attached hydrogens (tertiary/aromatic N) is 1. The molecule has 0 aliphatic carbocycles. The fourth-order valence-electron chi connectivity index (χ4n) is 2.57. The van der Waals surface area contributed by atoms with Crippen LogP contribution in [0.5, 0.6) is 5.75 Å². The molecule has 3 rings (SSSR count). The first-order valence-electron chi connectivity index (χ1n) is 9.09. The predicted molar refractivity (Wildman–Crippen MR) is 111 cm³/mol. The second-order valence-electron chi connectivity index (χ2n) is 6.41. The molecule has 2 aromatic carbocycles. The zero-order valence-electron chi connectivity index (χ0n) is 15.9. The van der Waals surface area contributed by atoms with Crippen LogP contribution < -0.4 is 10.1 Å². The fraction of sp³-hybridized carbons (Fsp3) is 0.227. The van der Waals surface area contributed by atoms with E-state index >= 15 is 0 Å². The molecule has 0 spiro atoms. The quantitative estimate of drug-likeness (QED) is 0.557. The molecule has 1 heterocycles. The van der Waals surface area contributed by atoms with Crippen molar-refractivity contribution in [2.45, 2.75) is 33.3 Å². The van der Waals surface area contributed by atoms with E-state index in [0.717, 1.165) is 22.0 Å². The lowest BCUT2D eigenvalue weighted by atomic mass is 10.1. The van der Waals surface area contributed by atoms with Crippen LogP contribution in [0.2, 0.25) is 0 Å². The van der Waals surface area contributed by atoms with Crippen LogP contribution in [-0.2, 0) is 17.8 Å². The van der Waals surface area contributed by atoms with Crippen molar-refractivity contribution in [3.63, 3.8) is 0 Å². The number of ether oxygens (including phenoxy) is 1. The van der Waals surface area contributed by atoms with Gasteiger partial charge in [-0.15, -0.1) is 11.3 Å². The number of amides is 1. The molecule has 144 valence electrons. The molecule has 1 amide bonds. The third-order valence-electron chi connectivity index (χ3n) is 4.13. The summed E-state index contributed by atoms with van der Waals surface area (Å²) in [6, 6.07) is 14.8. The normalized spacial score (nSPS) is 10.5. The SMILES string of the molecule is CCC(=O)c1ccc(OCc2csc(CC(=O)Nc3ccc(C)cc3)n2)cc1. The van der Waals surface area contributed by atoms with Gasteiger partial charge in [0.05, 0.1) is 12.1 Å². The Hall–Kier alpha value is -2.99. The molecule has 0 radical (unpaired) electrons. The van der Waals surface area contributed by atoms with Gasteiger partial charge in [0.15, 0.2) is 5.78 Å². The Morgan fingerprint density at radius 1 is 1.07 bits per heavy atom. The van der Waals surface area contributed by atoms with Crippen molar-refractivity contribution in [2.24, 2.45) is 0 Å². The maximum Gasteiger partial charge on any atom is 0.231 e. The summed E-state index contributed by atoms with van der Waals surface area (Å²) in [4.78, 5) is 28.3. The molecule has 0 bridgehead atoms. The number of aromatic nitrogens is 1. The summed E-state index contributed by atoms with van der Waals surface area (Å²) in [5.41, 5.74) is 3.39. The fourth-order valence-corrected chi connectivity index (χ4v) is 3.35. The summed E-state index contributed by atoms with van der Waals surface area (Å²) in [5, 5.41) is 5.51. The lowest BCUT2D eigenvalue weighted by molar-refractivity contribution is -0.115. The number of aryl methyl sites for hydroxylation is 1. The van der Waals surface area contributed by atoms with Crippen molar-refractivity contribution < 1.29 is 14.3 Å². The van der Waals surface area contributed by atoms with Crippen molar-refractivity contribution in [1.29, 1.82) is 0 Å². The second kappa shape index (κ2) is 9.28. The van der Waals surface area contributed by atoms with E-state index in [9.17, 15) is 9.59 Å². The number of hydrogen-bond donors (Lipinski definition) is 1. The Kier molecular flexibility index (Phi) is 6.55. The van der Waals surface area contributed by atoms with E-state index in [1.165, 1.54) is 11.3 Å². The summed E-state index contributed by atoms with van der Waals surface area (Å²) in [5.74, 6) is 0.695. The van der Waals surface area contributed by atoms with Gasteiger partial charge in [-0.1, -0.05) is 24.6 Å². The van der Waals surface area contributed by atoms with Gasteiger partial charge >= 0.3 is 0 Å². The maximum atomic E-state index is 12.2. The molecule has 3 aromatic rings. The van der Waals surface area contributed by atoms with Gasteiger partial charge in [-0.2, -0.15) is 0 Å². The Bertz CT molecular complexity index is 947. The minimum absolute atomic E-state index is 0.0955. The first kappa shape index (κ1) is 19.8. The Balaban J connectivity index is 1.50. The van der Waals surface area contributed by atoms with Gasteiger partial charge in [0.1, 0.15) is 17.4 Å². The first-order chi connectivity index (χ1) is 13.5. The molecule has 0 atom stereocenters. The smallest absolute Gasteiger partial charge is 0.231 e. The molecule has 0 saturated heterocycles. The number of ketones is 1. The van der Waals surface area contributed by atoms with E-state index in [1.807, 2.05) is 43.5 Å². The van der Waals surface area contributed by atoms with Crippen molar-refractivity contribution >= 4 is 28.7 Å². The zero-order chi connectivity index (χ0) is 19.9. The number of carbonyl (C=O) groups excluding carboxylic acids is 2. The average Bonchev–Trinajstić information content (AvgIpc) is 3.15. The van der Waals surface area contributed by atoms with Gasteiger partial charge in [-0.3, -0.25) is 9.59 Å². The number of nitrogens with one attached hydrogen (secondary N) is 1. The highest BCUT2D eigenvalue weighted by Crippen LogP contribution is 2.17. The van der Waals surface area contributed by atoms with E-state index in [2.05, 4.69) is 10.3 Å². The molecular weight excluding hydrogens is 372 g/mol. The lowest BCUT2D eigenvalue weighted by Gasteiger charge is -2.05. The van der Waals surface area contributed by atoms with Gasteiger partial charge < -0.3 is 10.1 Å². The Morgan fingerprint density at radius 2 is 1.79 bits per heavy atom. The standard InChI is InChI=1S/C22H22N2O3S/c1-3-20(25)16-6-10-19(11-7-16)27-13-18-14-28-22(24-18)12-21(26)23-17-8-4-15(2)5-9-17/h4-11,14H,3,12-13H2,1-2H3,(H,23,26). The average molecular weight is 394 g/mol. The summed E-state index contributed by atoms with van der Waals surface area (Å²) in [6.07, 6.45) is 0.714. The zero-order valence-corrected chi connectivity index (χ0v) is 16.7. The summed E-state index contributed by atoms with van der Waals surface area (Å²) in [6.45, 7) is 4.16. The van der Waals surface area contributed by atoms with Gasteiger partial charge in [-0.25, -0.2) is 4.98 Å². The highest BCUT2D eigenvalue weighted by atomic mass is 32.1. The molecule has 1 aromatic heterocycles. The number of carbonyl (C=O) groups is 2. The Labute approximate surface area is 168 Å². The van der Waals surface area contributed by atoms with E-state index in [-0.39, 0.29) is 18.1 Å². The molecule has 0 unspecified atom stereocenters. The molecule has 28 heavy (non-hydrogen) atoms. The van der Waals surface area contributed by atoms with Crippen LogP contribution in [0.15, 0.2) is 53.9 Å². The molecule has 1 N–H and O–H groups in total. The molecular formula is C22H22N2O3S. The monoisotopic (exact) mass is 394 g/mol. The first-order valence-corrected chi connectivity index (χ1v) is 9.97. The third kappa shape index (κ3) is 5.50. The number of benzene rings is 2. The van der Waals surface area contributed by atoms with E-state index in [0.29, 0.717) is 24.3 Å². The summed E-state index contributed by atoms with van der Waals surface area (Å²) in [7, 11) is 0. The van der Waals surface area contributed by atoms with Gasteiger partial charge in [0.2, 0.25) is 5.91 Å². The van der Waals surface area contributed by atoms with E-state index in [4.69, 9.17) is 4.74 Å². The van der Waals surface area contributed by atoms with Crippen LogP contribution in [0.25, 0.3) is 0 Å². The molecule has 0 saturated carbocycles. The number of Topliss-reactive ketones (excluding diaryl/α,β-unsaturated/α-hetero) is 1. The molecule has 0 aliphatic rings. The van der Waals surface area contributed by atoms with Crippen LogP contribution in [0.3, 0.4) is 0 Å². The van der Waals surface area contributed by atoms with E-state index in [1.54, 1.807) is 24.3 Å². The van der Waals surface area contributed by atoms with Crippen LogP contribution in [0.4, 0.5) is 5.69 Å². The number of rotatable bonds is 8. The van der Waals surface area contributed by atoms with Crippen LogP contribution in [-0.4, -0.2) is 16.7 Å². The minimum atomic E-state index is -0.0955. The largest absolute Gasteiger partial charge is 0.487 e. The number of anilines is 1. The molecule has 0 fully saturated rings. The highest BCUT2D eigenvalue weighted by molar-refractivity contribution is 7.09. The van der Waals surface area contributed by atoms with Gasteiger partial charge in [0, 0.05) is 23.1 Å². The lowest BCUT2D eigenvalue weighted by Crippen LogP contribution is -2.14. The summed E-state index contributed by atoms with van der Waals surface area (Å²) >= 11 is 1.44. The van der Waals surface area contributed by atoms with Crippen molar-refractivity contribution in [2.75, 3.05) is 5.32 Å². The van der Waals surface area contributed by atoms with E-state index < -0.39 is 0 Å². The third-order valence-corrected chi connectivity index (χ3v) is 5.03. The predicted octanol–water partition coefficient (Wildman–Crippen LogP) is 4.80. The van der Waals surface area contributed by atoms with Gasteiger partial charge in [0.25, 0.3) is 0 Å². The Morgan fingerprint density at radius 3 is 2.46 bits per heavy atom. The maximum absolute atomic E-state index is 12.2. The van der Waals surface area contributed by atoms with Crippen molar-refractivity contribution in [3.8, 4) is 5.75 Å². The summed E-state index contributed by atoms with van der Waals surface area (Å²) < 4.78 is 5.72. The van der Waals surface area contributed by atoms with Gasteiger partial charge in [-0.05, 0) is 43.3 Å². The molecule has 0 aliphatic heterocycles. The number of thiazole rings is 1. The van der Waals surface area contributed by atoms with Crippen LogP contribution >= 0.6 is 11.3 Å². The topological polar surface area (TPSA) is 68.3 Å². The number of hydrogen-bond acceptors (Lipinski definition) is 5. The van der Waals surface area contributed by atoms with Crippen molar-refractivity contribution in [3.05, 3.63) is 75.7 Å². The van der Waals surface area contributed by atoms with Crippen molar-refractivity contribution in [1.82, 2.24) is 4.98 Å². The molecule has 5 nitrogen and oxygen atoms in total. The minimum Gasteiger partial charge on any atom is -0.487 e. The second-order valence-corrected chi connectivity index (χ2v) is 7.36. The molecule has 6 heteroatoms. The van der Waals surface area contributed by atoms with Crippen LogP contribution in [0.1, 0.15) is 40.0 Å². The van der Waals surface area contributed by atoms with Crippen LogP contribution in [0, 0.1) is 6.92 Å². The highest BCUT2D eigenvalue weighted by Gasteiger charge is 2.09.